The third kappa shape index (κ3) is 4.26. The van der Waals surface area contributed by atoms with Crippen molar-refractivity contribution in [3.05, 3.63) is 5.01 Å². The summed E-state index contributed by atoms with van der Waals surface area (Å²) in [5, 5.41) is 5.49. The van der Waals surface area contributed by atoms with E-state index in [1.165, 1.54) is 16.7 Å². The van der Waals surface area contributed by atoms with E-state index in [0.717, 1.165) is 11.8 Å². The molecule has 0 aliphatic carbocycles. The molecule has 1 aromatic rings. The lowest BCUT2D eigenvalue weighted by Crippen LogP contribution is -2.72. The monoisotopic (exact) mass is 456 g/mol. The van der Waals surface area contributed by atoms with E-state index in [9.17, 15) is 22.8 Å². The Bertz CT molecular complexity index is 783. The van der Waals surface area contributed by atoms with Crippen LogP contribution in [0.25, 0.3) is 0 Å². The second-order valence-corrected chi connectivity index (χ2v) is 10.9. The van der Waals surface area contributed by atoms with Crippen LogP contribution in [0.3, 0.4) is 0 Å². The fraction of sp³-hybridized carbons (Fsp3) is 0.733. The molecule has 2 aliphatic heterocycles. The number of rotatable bonds is 4. The summed E-state index contributed by atoms with van der Waals surface area (Å²) < 4.78 is 43.9. The van der Waals surface area contributed by atoms with Gasteiger partial charge < -0.3 is 15.4 Å². The third-order valence-electron chi connectivity index (χ3n) is 4.14. The minimum absolute atomic E-state index is 0.106. The van der Waals surface area contributed by atoms with Crippen molar-refractivity contribution < 1.29 is 27.5 Å². The summed E-state index contributed by atoms with van der Waals surface area (Å²) in [5.41, 5.74) is 3.99. The number of esters is 1. The van der Waals surface area contributed by atoms with E-state index in [4.69, 9.17) is 10.5 Å². The highest BCUT2D eigenvalue weighted by atomic mass is 32.2. The van der Waals surface area contributed by atoms with Gasteiger partial charge in [0.25, 0.3) is 0 Å². The standard InChI is InChI=1S/C15H19F3N4O3S3/c1-13(2,3)25-11(24)14(4-22-8(23)7(19)9(22)26-5-14)6-27-12-21-20-10(28-12)15(16,17)18/h7,9H,4-6,19H2,1-3H3/t7?,9-,14?/m1/s1. The summed E-state index contributed by atoms with van der Waals surface area (Å²) in [7, 11) is 0. The van der Waals surface area contributed by atoms with E-state index in [2.05, 4.69) is 10.2 Å². The van der Waals surface area contributed by atoms with Gasteiger partial charge in [0, 0.05) is 18.1 Å². The lowest BCUT2D eigenvalue weighted by molar-refractivity contribution is -0.169. The van der Waals surface area contributed by atoms with E-state index in [0.29, 0.717) is 17.1 Å². The molecular weight excluding hydrogens is 437 g/mol. The van der Waals surface area contributed by atoms with Crippen molar-refractivity contribution in [2.75, 3.05) is 18.1 Å². The van der Waals surface area contributed by atoms with E-state index in [1.54, 1.807) is 20.8 Å². The lowest BCUT2D eigenvalue weighted by Gasteiger charge is -2.53. The summed E-state index contributed by atoms with van der Waals surface area (Å²) in [6.07, 6.45) is -4.56. The van der Waals surface area contributed by atoms with Crippen LogP contribution in [0.1, 0.15) is 25.8 Å². The molecule has 2 saturated heterocycles. The molecule has 2 aliphatic rings. The molecule has 0 aromatic carbocycles. The van der Waals surface area contributed by atoms with Gasteiger partial charge in [0.1, 0.15) is 22.4 Å². The zero-order valence-corrected chi connectivity index (χ0v) is 17.7. The van der Waals surface area contributed by atoms with Crippen LogP contribution in [0, 0.1) is 5.41 Å². The Kier molecular flexibility index (Phi) is 5.67. The zero-order chi connectivity index (χ0) is 20.9. The van der Waals surface area contributed by atoms with Gasteiger partial charge in [-0.25, -0.2) is 0 Å². The Labute approximate surface area is 171 Å². The van der Waals surface area contributed by atoms with Crippen molar-refractivity contribution in [2.24, 2.45) is 11.1 Å². The van der Waals surface area contributed by atoms with Crippen LogP contribution in [0.5, 0.6) is 0 Å². The number of carbonyl (C=O) groups is 2. The van der Waals surface area contributed by atoms with Gasteiger partial charge in [-0.15, -0.1) is 22.0 Å². The molecule has 3 heterocycles. The van der Waals surface area contributed by atoms with Gasteiger partial charge in [-0.2, -0.15) is 13.2 Å². The number of halogens is 3. The maximum Gasteiger partial charge on any atom is 0.445 e. The first kappa shape index (κ1) is 21.7. The summed E-state index contributed by atoms with van der Waals surface area (Å²) in [4.78, 5) is 26.6. The van der Waals surface area contributed by atoms with Gasteiger partial charge >= 0.3 is 12.1 Å². The van der Waals surface area contributed by atoms with Gasteiger partial charge in [0.05, 0.1) is 0 Å². The first-order valence-electron chi connectivity index (χ1n) is 8.27. The number of hydrogen-bond donors (Lipinski definition) is 1. The van der Waals surface area contributed by atoms with Crippen LogP contribution in [-0.2, 0) is 20.5 Å². The second kappa shape index (κ2) is 7.33. The molecule has 156 valence electrons. The molecule has 1 amide bonds. The Hall–Kier alpha value is -1.05. The van der Waals surface area contributed by atoms with Crippen LogP contribution in [-0.4, -0.2) is 62.0 Å². The van der Waals surface area contributed by atoms with E-state index < -0.39 is 34.2 Å². The van der Waals surface area contributed by atoms with Crippen LogP contribution in [0.15, 0.2) is 4.34 Å². The molecule has 2 unspecified atom stereocenters. The molecular formula is C15H19F3N4O3S3. The van der Waals surface area contributed by atoms with Crippen molar-refractivity contribution in [3.63, 3.8) is 0 Å². The number of hydrogen-bond acceptors (Lipinski definition) is 9. The van der Waals surface area contributed by atoms with E-state index >= 15 is 0 Å². The predicted molar refractivity (Wildman–Crippen MR) is 99.8 cm³/mol. The summed E-state index contributed by atoms with van der Waals surface area (Å²) in [5.74, 6) is -0.271. The van der Waals surface area contributed by atoms with Gasteiger partial charge in [0.2, 0.25) is 10.9 Å². The fourth-order valence-corrected chi connectivity index (χ4v) is 6.28. The number of nitrogens with zero attached hydrogens (tertiary/aromatic N) is 3. The number of aromatic nitrogens is 2. The van der Waals surface area contributed by atoms with Crippen LogP contribution in [0.4, 0.5) is 13.2 Å². The van der Waals surface area contributed by atoms with E-state index in [1.807, 2.05) is 0 Å². The number of nitrogens with two attached hydrogens (primary N) is 1. The van der Waals surface area contributed by atoms with Crippen LogP contribution >= 0.6 is 34.9 Å². The molecule has 7 nitrogen and oxygen atoms in total. The Balaban J connectivity index is 1.78. The van der Waals surface area contributed by atoms with Crippen molar-refractivity contribution in [1.82, 2.24) is 15.1 Å². The van der Waals surface area contributed by atoms with Crippen molar-refractivity contribution in [2.45, 2.75) is 48.3 Å². The molecule has 2 fully saturated rings. The quantitative estimate of drug-likeness (QED) is 0.418. The average molecular weight is 457 g/mol. The minimum Gasteiger partial charge on any atom is -0.459 e. The molecule has 0 bridgehead atoms. The largest absolute Gasteiger partial charge is 0.459 e. The minimum atomic E-state index is -4.56. The average Bonchev–Trinajstić information content (AvgIpc) is 3.07. The Morgan fingerprint density at radius 1 is 1.39 bits per heavy atom. The molecule has 1 aromatic heterocycles. The molecule has 0 saturated carbocycles. The summed E-state index contributed by atoms with van der Waals surface area (Å²) in [6.45, 7) is 5.31. The predicted octanol–water partition coefficient (Wildman–Crippen LogP) is 2.22. The Morgan fingerprint density at radius 3 is 2.64 bits per heavy atom. The maximum absolute atomic E-state index is 13.0. The van der Waals surface area contributed by atoms with Crippen LogP contribution < -0.4 is 5.73 Å². The highest BCUT2D eigenvalue weighted by molar-refractivity contribution is 8.01. The normalized spacial score (nSPS) is 28.0. The van der Waals surface area contributed by atoms with Crippen molar-refractivity contribution in [1.29, 1.82) is 0 Å². The molecule has 0 radical (unpaired) electrons. The fourth-order valence-electron chi connectivity index (χ4n) is 2.77. The number of fused-ring (bicyclic) bond motifs is 1. The van der Waals surface area contributed by atoms with Crippen LogP contribution in [0.2, 0.25) is 0 Å². The van der Waals surface area contributed by atoms with Gasteiger partial charge in [-0.1, -0.05) is 23.1 Å². The number of thioether (sulfide) groups is 2. The zero-order valence-electron chi connectivity index (χ0n) is 15.3. The number of alkyl halides is 3. The van der Waals surface area contributed by atoms with E-state index in [-0.39, 0.29) is 27.9 Å². The number of ether oxygens (including phenoxy) is 1. The smallest absolute Gasteiger partial charge is 0.445 e. The first-order chi connectivity index (χ1) is 12.8. The molecule has 2 N–H and O–H groups in total. The molecule has 0 spiro atoms. The Morgan fingerprint density at radius 2 is 2.07 bits per heavy atom. The van der Waals surface area contributed by atoms with Gasteiger partial charge in [0.15, 0.2) is 4.34 Å². The second-order valence-electron chi connectivity index (χ2n) is 7.64. The topological polar surface area (TPSA) is 98.4 Å². The number of amides is 1. The van der Waals surface area contributed by atoms with Crippen molar-refractivity contribution >= 4 is 46.7 Å². The summed E-state index contributed by atoms with van der Waals surface area (Å²) in [6, 6.07) is -0.591. The van der Waals surface area contributed by atoms with Crippen molar-refractivity contribution in [3.8, 4) is 0 Å². The molecule has 13 heteroatoms. The first-order valence-corrected chi connectivity index (χ1v) is 11.1. The highest BCUT2D eigenvalue weighted by Gasteiger charge is 2.56. The molecule has 3 rings (SSSR count). The molecule has 28 heavy (non-hydrogen) atoms. The van der Waals surface area contributed by atoms with Gasteiger partial charge in [-0.05, 0) is 20.8 Å². The SMILES string of the molecule is CC(C)(C)OC(=O)C1(CSc2nnc(C(F)(F)F)s2)CS[C@@H]2C(N)C(=O)N2C1. The lowest BCUT2D eigenvalue weighted by atomic mass is 9.89. The number of carbonyl (C=O) groups excluding carboxylic acids is 2. The highest BCUT2D eigenvalue weighted by Crippen LogP contribution is 2.45. The number of β-lactam (4-membered cyclic amide) rings is 1. The summed E-state index contributed by atoms with van der Waals surface area (Å²) >= 11 is 2.82. The maximum atomic E-state index is 13.0. The molecule has 3 atom stereocenters. The van der Waals surface area contributed by atoms with Gasteiger partial charge in [-0.3, -0.25) is 9.59 Å². The third-order valence-corrected chi connectivity index (χ3v) is 8.14.